The SMILES string of the molecule is CCCCC[C@H](CC(=O)[C@H](C)CCC(=O)c1ccc(-c2ccc(CCCC)cc2)cc1)C(=O)N(C)[C@H](C(=O)C[C@@H](C)C(=O)N[C@@H](Cc1ccc(C)cc1)C(=O)OC)c1ccc(C)cc1. The normalized spacial score (nSPS) is 13.5. The fourth-order valence-electron chi connectivity index (χ4n) is 8.05. The summed E-state index contributed by atoms with van der Waals surface area (Å²) in [5.41, 5.74) is 7.55. The molecule has 0 aromatic heterocycles. The smallest absolute Gasteiger partial charge is 0.328 e. The number of methoxy groups -OCH3 is 1. The van der Waals surface area contributed by atoms with E-state index in [-0.39, 0.29) is 48.9 Å². The van der Waals surface area contributed by atoms with E-state index in [1.165, 1.54) is 17.6 Å². The van der Waals surface area contributed by atoms with Gasteiger partial charge in [0.15, 0.2) is 11.6 Å². The van der Waals surface area contributed by atoms with Gasteiger partial charge in [0.05, 0.1) is 7.11 Å². The number of nitrogens with one attached hydrogen (secondary N) is 1. The van der Waals surface area contributed by atoms with Crippen LogP contribution in [0.1, 0.15) is 136 Å². The van der Waals surface area contributed by atoms with Gasteiger partial charge in [-0.25, -0.2) is 4.79 Å². The third kappa shape index (κ3) is 15.2. The van der Waals surface area contributed by atoms with Gasteiger partial charge in [-0.15, -0.1) is 0 Å². The van der Waals surface area contributed by atoms with Crippen LogP contribution >= 0.6 is 0 Å². The minimum atomic E-state index is -1.01. The number of hydrogen-bond donors (Lipinski definition) is 1. The molecule has 0 unspecified atom stereocenters. The lowest BCUT2D eigenvalue weighted by Crippen LogP contribution is -2.46. The Morgan fingerprint density at radius 1 is 0.641 bits per heavy atom. The van der Waals surface area contributed by atoms with E-state index in [0.717, 1.165) is 66.3 Å². The molecule has 4 rings (SSSR count). The lowest BCUT2D eigenvalue weighted by Gasteiger charge is -2.32. The van der Waals surface area contributed by atoms with Gasteiger partial charge in [0.2, 0.25) is 11.8 Å². The van der Waals surface area contributed by atoms with Crippen LogP contribution in [0.15, 0.2) is 97.1 Å². The zero-order chi connectivity index (χ0) is 46.8. The van der Waals surface area contributed by atoms with Crippen LogP contribution in [0.2, 0.25) is 0 Å². The molecular weight excluding hydrogens is 801 g/mol. The fourth-order valence-corrected chi connectivity index (χ4v) is 8.05. The van der Waals surface area contributed by atoms with E-state index in [0.29, 0.717) is 24.0 Å². The van der Waals surface area contributed by atoms with Crippen LogP contribution in [0.5, 0.6) is 0 Å². The summed E-state index contributed by atoms with van der Waals surface area (Å²) in [4.78, 5) is 83.8. The standard InChI is InChI=1S/C55H70N2O7/c1-9-11-13-15-47(36-50(59)39(5)20-33-49(58)45-31-29-44(30-32-45)43-27-23-41(24-28-43)14-12-10-2)54(62)57(7)52(46-25-18-38(4)19-26-46)51(60)34-40(6)53(61)56-48(55(63)64-8)35-42-21-16-37(3)17-22-42/h16-19,21-32,39-40,47-48,52H,9-15,20,33-36H2,1-8H3,(H,56,61)/t39-,40-,47-,48+,52+/m1/s1. The third-order valence-corrected chi connectivity index (χ3v) is 12.4. The minimum Gasteiger partial charge on any atom is -0.467 e. The lowest BCUT2D eigenvalue weighted by atomic mass is 9.86. The predicted molar refractivity (Wildman–Crippen MR) is 255 cm³/mol. The molecule has 0 aliphatic carbocycles. The molecule has 9 nitrogen and oxygen atoms in total. The summed E-state index contributed by atoms with van der Waals surface area (Å²) in [5.74, 6) is -3.81. The molecule has 0 saturated heterocycles. The van der Waals surface area contributed by atoms with Crippen molar-refractivity contribution in [1.29, 1.82) is 0 Å². The van der Waals surface area contributed by atoms with Crippen LogP contribution in [-0.2, 0) is 41.6 Å². The van der Waals surface area contributed by atoms with E-state index in [4.69, 9.17) is 4.74 Å². The Bertz CT molecular complexity index is 2140. The van der Waals surface area contributed by atoms with Crippen LogP contribution < -0.4 is 5.32 Å². The highest BCUT2D eigenvalue weighted by molar-refractivity contribution is 5.97. The van der Waals surface area contributed by atoms with Gasteiger partial charge in [0, 0.05) is 56.0 Å². The minimum absolute atomic E-state index is 0.00229. The van der Waals surface area contributed by atoms with Gasteiger partial charge in [-0.2, -0.15) is 0 Å². The highest BCUT2D eigenvalue weighted by Gasteiger charge is 2.35. The van der Waals surface area contributed by atoms with Crippen LogP contribution in [-0.4, -0.2) is 60.2 Å². The van der Waals surface area contributed by atoms with Crippen molar-refractivity contribution in [2.75, 3.05) is 14.2 Å². The first-order chi connectivity index (χ1) is 30.6. The molecule has 9 heteroatoms. The second kappa shape index (κ2) is 25.6. The van der Waals surface area contributed by atoms with Crippen molar-refractivity contribution in [3.63, 3.8) is 0 Å². The maximum absolute atomic E-state index is 14.5. The Morgan fingerprint density at radius 3 is 1.78 bits per heavy atom. The van der Waals surface area contributed by atoms with Gasteiger partial charge in [-0.1, -0.05) is 162 Å². The Hall–Kier alpha value is -5.70. The van der Waals surface area contributed by atoms with Gasteiger partial charge in [0.25, 0.3) is 0 Å². The fraction of sp³-hybridized carbons (Fsp3) is 0.455. The maximum atomic E-state index is 14.5. The zero-order valence-electron chi connectivity index (χ0n) is 39.4. The summed E-state index contributed by atoms with van der Waals surface area (Å²) >= 11 is 0. The molecule has 0 aliphatic rings. The van der Waals surface area contributed by atoms with Crippen molar-refractivity contribution in [2.24, 2.45) is 17.8 Å². The van der Waals surface area contributed by atoms with E-state index in [2.05, 4.69) is 43.4 Å². The van der Waals surface area contributed by atoms with Gasteiger partial charge in [0.1, 0.15) is 17.9 Å². The Labute approximate surface area is 381 Å². The van der Waals surface area contributed by atoms with Crippen molar-refractivity contribution in [1.82, 2.24) is 10.2 Å². The second-order valence-corrected chi connectivity index (χ2v) is 17.7. The monoisotopic (exact) mass is 871 g/mol. The number of ether oxygens (including phenoxy) is 1. The number of carbonyl (C=O) groups is 6. The number of rotatable bonds is 26. The number of Topliss-reactive ketones (excluding diaryl/α,β-unsaturated/α-hetero) is 3. The molecule has 0 spiro atoms. The molecule has 1 N–H and O–H groups in total. The molecule has 0 heterocycles. The van der Waals surface area contributed by atoms with Crippen molar-refractivity contribution in [3.8, 4) is 11.1 Å². The van der Waals surface area contributed by atoms with E-state index in [1.54, 1.807) is 14.0 Å². The summed E-state index contributed by atoms with van der Waals surface area (Å²) in [6.07, 6.45) is 7.01. The van der Waals surface area contributed by atoms with Crippen molar-refractivity contribution < 1.29 is 33.5 Å². The van der Waals surface area contributed by atoms with Gasteiger partial charge in [-0.05, 0) is 67.3 Å². The first-order valence-electron chi connectivity index (χ1n) is 23.2. The number of unbranched alkanes of at least 4 members (excludes halogenated alkanes) is 3. The first kappa shape index (κ1) is 50.9. The number of aryl methyl sites for hydroxylation is 3. The summed E-state index contributed by atoms with van der Waals surface area (Å²) in [5, 5.41) is 2.79. The largest absolute Gasteiger partial charge is 0.467 e. The predicted octanol–water partition coefficient (Wildman–Crippen LogP) is 10.8. The Kier molecular flexibility index (Phi) is 20.3. The number of esters is 1. The average molecular weight is 871 g/mol. The molecule has 5 atom stereocenters. The number of nitrogens with zero attached hydrogens (tertiary/aromatic N) is 1. The first-order valence-corrected chi connectivity index (χ1v) is 23.2. The number of ketones is 3. The molecule has 0 saturated carbocycles. The van der Waals surface area contributed by atoms with E-state index < -0.39 is 41.7 Å². The van der Waals surface area contributed by atoms with Crippen molar-refractivity contribution >= 4 is 35.1 Å². The van der Waals surface area contributed by atoms with Crippen LogP contribution in [0.4, 0.5) is 0 Å². The van der Waals surface area contributed by atoms with Crippen molar-refractivity contribution in [2.45, 2.75) is 131 Å². The number of amides is 2. The quantitative estimate of drug-likeness (QED) is 0.0378. The van der Waals surface area contributed by atoms with Crippen LogP contribution in [0.3, 0.4) is 0 Å². The Balaban J connectivity index is 1.43. The molecule has 0 aliphatic heterocycles. The number of hydrogen-bond acceptors (Lipinski definition) is 7. The molecule has 0 radical (unpaired) electrons. The molecule has 2 amide bonds. The maximum Gasteiger partial charge on any atom is 0.328 e. The van der Waals surface area contributed by atoms with Gasteiger partial charge < -0.3 is 15.0 Å². The summed E-state index contributed by atoms with van der Waals surface area (Å²) in [7, 11) is 2.86. The highest BCUT2D eigenvalue weighted by atomic mass is 16.5. The van der Waals surface area contributed by atoms with Crippen LogP contribution in [0.25, 0.3) is 11.1 Å². The topological polar surface area (TPSA) is 127 Å². The van der Waals surface area contributed by atoms with Crippen molar-refractivity contribution in [3.05, 3.63) is 130 Å². The number of benzene rings is 4. The molecule has 4 aromatic carbocycles. The highest BCUT2D eigenvalue weighted by Crippen LogP contribution is 2.30. The Morgan fingerprint density at radius 2 is 1.20 bits per heavy atom. The molecule has 64 heavy (non-hydrogen) atoms. The molecular formula is C55H70N2O7. The molecule has 0 bridgehead atoms. The third-order valence-electron chi connectivity index (χ3n) is 12.4. The molecule has 0 fully saturated rings. The van der Waals surface area contributed by atoms with E-state index >= 15 is 0 Å². The summed E-state index contributed by atoms with van der Waals surface area (Å²) in [6, 6.07) is 29.2. The summed E-state index contributed by atoms with van der Waals surface area (Å²) < 4.78 is 5.00. The summed E-state index contributed by atoms with van der Waals surface area (Å²) in [6.45, 7) is 11.6. The van der Waals surface area contributed by atoms with Gasteiger partial charge in [-0.3, -0.25) is 24.0 Å². The number of likely N-dealkylation sites (N-methyl/N-ethyl adjacent to an activating group) is 1. The molecule has 4 aromatic rings. The van der Waals surface area contributed by atoms with E-state index in [1.807, 2.05) is 93.6 Å². The lowest BCUT2D eigenvalue weighted by molar-refractivity contribution is -0.146. The molecule has 342 valence electrons. The zero-order valence-corrected chi connectivity index (χ0v) is 39.4. The van der Waals surface area contributed by atoms with E-state index in [9.17, 15) is 28.8 Å². The van der Waals surface area contributed by atoms with Crippen LogP contribution in [0, 0.1) is 31.6 Å². The van der Waals surface area contributed by atoms with Gasteiger partial charge >= 0.3 is 5.97 Å². The number of carbonyl (C=O) groups excluding carboxylic acids is 6. The average Bonchev–Trinajstić information content (AvgIpc) is 3.30. The second-order valence-electron chi connectivity index (χ2n) is 17.7.